The van der Waals surface area contributed by atoms with Crippen LogP contribution < -0.4 is 0 Å². The van der Waals surface area contributed by atoms with E-state index < -0.39 is 94.9 Å². The number of hydrogen-bond acceptors (Lipinski definition) is 14. The lowest BCUT2D eigenvalue weighted by molar-refractivity contribution is -0.355. The Labute approximate surface area is 277 Å². The van der Waals surface area contributed by atoms with E-state index in [-0.39, 0.29) is 24.0 Å². The van der Waals surface area contributed by atoms with Crippen molar-refractivity contribution in [2.45, 2.75) is 109 Å². The van der Waals surface area contributed by atoms with Crippen molar-refractivity contribution in [1.29, 1.82) is 0 Å². The summed E-state index contributed by atoms with van der Waals surface area (Å²) in [6.45, 7) is 10.0. The third-order valence-electron chi connectivity index (χ3n) is 10.1. The summed E-state index contributed by atoms with van der Waals surface area (Å²) in [5.74, 6) is -5.18. The minimum absolute atomic E-state index is 0.0404. The fourth-order valence-corrected chi connectivity index (χ4v) is 7.80. The number of hydrogen-bond donors (Lipinski definition) is 1. The summed E-state index contributed by atoms with van der Waals surface area (Å²) < 4.78 is 47.2. The van der Waals surface area contributed by atoms with Crippen LogP contribution in [0.15, 0.2) is 46.0 Å². The van der Waals surface area contributed by atoms with Crippen LogP contribution in [0.5, 0.6) is 0 Å². The normalized spacial score (nSPS) is 33.9. The number of esters is 5. The van der Waals surface area contributed by atoms with Gasteiger partial charge in [0.25, 0.3) is 0 Å². The van der Waals surface area contributed by atoms with Gasteiger partial charge in [-0.25, -0.2) is 9.59 Å². The molecule has 2 saturated carbocycles. The fourth-order valence-electron chi connectivity index (χ4n) is 7.80. The van der Waals surface area contributed by atoms with Crippen LogP contribution in [0.4, 0.5) is 0 Å². The highest BCUT2D eigenvalue weighted by Crippen LogP contribution is 2.69. The molecule has 9 atom stereocenters. The van der Waals surface area contributed by atoms with Crippen LogP contribution in [0.3, 0.4) is 0 Å². The topological polar surface area (TPSA) is 187 Å². The number of carbonyl (C=O) groups excluding carboxylic acids is 5. The van der Waals surface area contributed by atoms with E-state index in [1.165, 1.54) is 51.0 Å². The molecule has 2 aromatic heterocycles. The van der Waals surface area contributed by atoms with E-state index in [0.29, 0.717) is 6.42 Å². The first-order valence-electron chi connectivity index (χ1n) is 15.9. The van der Waals surface area contributed by atoms with E-state index in [9.17, 15) is 29.1 Å². The van der Waals surface area contributed by atoms with E-state index in [1.54, 1.807) is 27.7 Å². The number of rotatable bonds is 10. The van der Waals surface area contributed by atoms with Crippen LogP contribution in [0.2, 0.25) is 0 Å². The Morgan fingerprint density at radius 1 is 0.896 bits per heavy atom. The Morgan fingerprint density at radius 3 is 2.02 bits per heavy atom. The lowest BCUT2D eigenvalue weighted by Crippen LogP contribution is -2.83. The van der Waals surface area contributed by atoms with Crippen molar-refractivity contribution in [2.75, 3.05) is 6.61 Å². The van der Waals surface area contributed by atoms with Crippen molar-refractivity contribution in [3.8, 4) is 0 Å². The Balaban J connectivity index is 1.80. The van der Waals surface area contributed by atoms with Gasteiger partial charge in [0.05, 0.1) is 40.8 Å². The molecular formula is C34H42O14. The molecule has 3 heterocycles. The molecular weight excluding hydrogens is 632 g/mol. The third kappa shape index (κ3) is 5.68. The third-order valence-corrected chi connectivity index (χ3v) is 10.1. The fraction of sp³-hybridized carbons (Fsp3) is 0.618. The molecule has 2 aliphatic carbocycles. The number of aliphatic hydroxyl groups is 1. The molecule has 5 rings (SSSR count). The first kappa shape index (κ1) is 35.1. The lowest BCUT2D eigenvalue weighted by atomic mass is 9.46. The van der Waals surface area contributed by atoms with Crippen molar-refractivity contribution in [2.24, 2.45) is 17.3 Å². The molecule has 0 amide bonds. The summed E-state index contributed by atoms with van der Waals surface area (Å²) in [6, 6.07) is 2.77. The smallest absolute Gasteiger partial charge is 0.341 e. The first-order chi connectivity index (χ1) is 22.5. The maximum atomic E-state index is 13.7. The monoisotopic (exact) mass is 674 g/mol. The van der Waals surface area contributed by atoms with Gasteiger partial charge in [0.1, 0.15) is 42.9 Å². The quantitative estimate of drug-likeness (QED) is 0.283. The Bertz CT molecular complexity index is 1520. The average molecular weight is 675 g/mol. The SMILES string of the molecule is CCC(C)C(=O)OC1C(OC(=O)c2ccoc2)CC(C)(O)C23OC(C)(C)C(CC(OC(=O)c4ccoc4)C12COC(C)=O)C3OC(C)=O. The minimum Gasteiger partial charge on any atom is -0.472 e. The first-order valence-corrected chi connectivity index (χ1v) is 15.9. The maximum Gasteiger partial charge on any atom is 0.341 e. The van der Waals surface area contributed by atoms with Crippen molar-refractivity contribution in [3.63, 3.8) is 0 Å². The van der Waals surface area contributed by atoms with Gasteiger partial charge >= 0.3 is 29.8 Å². The van der Waals surface area contributed by atoms with Gasteiger partial charge in [-0.3, -0.25) is 14.4 Å². The Morgan fingerprint density at radius 2 is 1.50 bits per heavy atom. The molecule has 262 valence electrons. The number of fused-ring (bicyclic) bond motifs is 1. The van der Waals surface area contributed by atoms with Crippen molar-refractivity contribution in [1.82, 2.24) is 0 Å². The summed E-state index contributed by atoms with van der Waals surface area (Å²) in [7, 11) is 0. The van der Waals surface area contributed by atoms with E-state index in [0.717, 1.165) is 6.92 Å². The second-order valence-electron chi connectivity index (χ2n) is 13.6. The van der Waals surface area contributed by atoms with Crippen molar-refractivity contribution < 1.29 is 66.3 Å². The predicted molar refractivity (Wildman–Crippen MR) is 161 cm³/mol. The van der Waals surface area contributed by atoms with Gasteiger partial charge in [-0.1, -0.05) is 13.8 Å². The van der Waals surface area contributed by atoms with Gasteiger partial charge in [0.2, 0.25) is 0 Å². The second-order valence-corrected chi connectivity index (χ2v) is 13.6. The number of furan rings is 2. The van der Waals surface area contributed by atoms with Crippen LogP contribution in [0.1, 0.15) is 88.4 Å². The molecule has 2 bridgehead atoms. The molecule has 9 unspecified atom stereocenters. The molecule has 0 radical (unpaired) electrons. The highest BCUT2D eigenvalue weighted by molar-refractivity contribution is 5.89. The molecule has 48 heavy (non-hydrogen) atoms. The zero-order valence-corrected chi connectivity index (χ0v) is 28.0. The highest BCUT2D eigenvalue weighted by Gasteiger charge is 2.86. The molecule has 3 fully saturated rings. The van der Waals surface area contributed by atoms with E-state index in [1.807, 2.05) is 0 Å². The van der Waals surface area contributed by atoms with Crippen LogP contribution in [-0.2, 0) is 42.8 Å². The highest BCUT2D eigenvalue weighted by atomic mass is 16.6. The van der Waals surface area contributed by atoms with E-state index in [4.69, 9.17) is 37.3 Å². The van der Waals surface area contributed by atoms with Crippen molar-refractivity contribution >= 4 is 29.8 Å². The van der Waals surface area contributed by atoms with Gasteiger partial charge in [-0.15, -0.1) is 0 Å². The molecule has 1 aliphatic heterocycles. The Hall–Kier alpha value is -4.17. The Kier molecular flexibility index (Phi) is 9.30. The molecule has 0 aromatic carbocycles. The van der Waals surface area contributed by atoms with Gasteiger partial charge in [-0.2, -0.15) is 0 Å². The second kappa shape index (κ2) is 12.7. The van der Waals surface area contributed by atoms with Gasteiger partial charge in [0.15, 0.2) is 11.7 Å². The van der Waals surface area contributed by atoms with Crippen LogP contribution in [0, 0.1) is 17.3 Å². The van der Waals surface area contributed by atoms with Crippen molar-refractivity contribution in [3.05, 3.63) is 48.3 Å². The molecule has 14 heteroatoms. The number of carbonyl (C=O) groups is 5. The lowest BCUT2D eigenvalue weighted by Gasteiger charge is -2.65. The zero-order valence-electron chi connectivity index (χ0n) is 28.0. The molecule has 14 nitrogen and oxygen atoms in total. The van der Waals surface area contributed by atoms with E-state index in [2.05, 4.69) is 0 Å². The van der Waals surface area contributed by atoms with Crippen LogP contribution in [-0.4, -0.2) is 82.8 Å². The average Bonchev–Trinajstić information content (AvgIpc) is 3.76. The van der Waals surface area contributed by atoms with E-state index >= 15 is 0 Å². The molecule has 1 N–H and O–H groups in total. The summed E-state index contributed by atoms with van der Waals surface area (Å²) in [5.41, 5.74) is -7.21. The predicted octanol–water partition coefficient (Wildman–Crippen LogP) is 3.78. The van der Waals surface area contributed by atoms with Gasteiger partial charge in [-0.05, 0) is 45.7 Å². The van der Waals surface area contributed by atoms with Gasteiger partial charge < -0.3 is 42.4 Å². The van der Waals surface area contributed by atoms with Crippen LogP contribution in [0.25, 0.3) is 0 Å². The minimum atomic E-state index is -2.07. The zero-order chi connectivity index (χ0) is 35.2. The van der Waals surface area contributed by atoms with Gasteiger partial charge in [0, 0.05) is 26.2 Å². The number of ether oxygens (including phenoxy) is 6. The largest absolute Gasteiger partial charge is 0.472 e. The molecule has 1 spiro atoms. The van der Waals surface area contributed by atoms with Crippen LogP contribution >= 0.6 is 0 Å². The summed E-state index contributed by atoms with van der Waals surface area (Å²) in [5, 5.41) is 12.7. The summed E-state index contributed by atoms with van der Waals surface area (Å²) >= 11 is 0. The molecule has 3 aliphatic rings. The maximum absolute atomic E-state index is 13.7. The standard InChI is InChI=1S/C34H42O14/c1-8-18(2)28(37)47-27-24(45-29(38)21-9-11-41-15-21)14-32(7,40)34-26(44-20(4)36)23(31(5,6)48-34)13-25(33(27,34)17-43-19(3)35)46-30(39)22-10-12-42-16-22/h9-12,15-16,18,23-27,40H,8,13-14,17H2,1-7H3. The summed E-state index contributed by atoms with van der Waals surface area (Å²) in [6.07, 6.45) is -0.729. The molecule has 1 saturated heterocycles. The molecule has 2 aromatic rings. The summed E-state index contributed by atoms with van der Waals surface area (Å²) in [4.78, 5) is 66.1.